The topological polar surface area (TPSA) is 96.0 Å². The maximum Gasteiger partial charge on any atom is 0.243 e. The number of amidine groups is 1. The van der Waals surface area contributed by atoms with E-state index >= 15 is 0 Å². The summed E-state index contributed by atoms with van der Waals surface area (Å²) >= 11 is 0. The monoisotopic (exact) mass is 257 g/mol. The van der Waals surface area contributed by atoms with E-state index in [1.165, 1.54) is 13.1 Å². The molecule has 17 heavy (non-hydrogen) atoms. The Kier molecular flexibility index (Phi) is 4.08. The standard InChI is InChI=1S/C10H15N3O3S/c1-8-5-3-4-6-9(8)17(15,16)13(2)7-10(11)12-14/h3-6,14H,7H2,1-2H3,(H2,11,12). The van der Waals surface area contributed by atoms with E-state index < -0.39 is 10.0 Å². The lowest BCUT2D eigenvalue weighted by molar-refractivity contribution is 0.315. The average Bonchev–Trinajstić information content (AvgIpc) is 2.29. The molecule has 6 nitrogen and oxygen atoms in total. The first-order chi connectivity index (χ1) is 7.89. The van der Waals surface area contributed by atoms with Crippen LogP contribution in [0.15, 0.2) is 34.3 Å². The highest BCUT2D eigenvalue weighted by atomic mass is 32.2. The van der Waals surface area contributed by atoms with E-state index in [9.17, 15) is 8.42 Å². The van der Waals surface area contributed by atoms with Crippen LogP contribution in [0.3, 0.4) is 0 Å². The van der Waals surface area contributed by atoms with E-state index in [-0.39, 0.29) is 17.3 Å². The van der Waals surface area contributed by atoms with Crippen molar-refractivity contribution in [2.24, 2.45) is 10.9 Å². The molecule has 0 saturated carbocycles. The maximum absolute atomic E-state index is 12.1. The normalized spacial score (nSPS) is 13.0. The number of aryl methyl sites for hydroxylation is 1. The summed E-state index contributed by atoms with van der Waals surface area (Å²) in [4.78, 5) is 0.216. The van der Waals surface area contributed by atoms with Gasteiger partial charge in [0.05, 0.1) is 11.4 Å². The molecule has 0 aliphatic heterocycles. The Balaban J connectivity index is 3.08. The number of rotatable bonds is 4. The predicted molar refractivity (Wildman–Crippen MR) is 64.4 cm³/mol. The van der Waals surface area contributed by atoms with Crippen molar-refractivity contribution in [3.63, 3.8) is 0 Å². The average molecular weight is 257 g/mol. The Morgan fingerprint density at radius 2 is 2.06 bits per heavy atom. The summed E-state index contributed by atoms with van der Waals surface area (Å²) in [6, 6.07) is 6.65. The second kappa shape index (κ2) is 5.15. The van der Waals surface area contributed by atoms with Crippen LogP contribution in [0.5, 0.6) is 0 Å². The summed E-state index contributed by atoms with van der Waals surface area (Å²) < 4.78 is 25.3. The highest BCUT2D eigenvalue weighted by Gasteiger charge is 2.22. The Morgan fingerprint density at radius 3 is 2.59 bits per heavy atom. The number of hydrogen-bond acceptors (Lipinski definition) is 4. The second-order valence-electron chi connectivity index (χ2n) is 3.62. The summed E-state index contributed by atoms with van der Waals surface area (Å²) in [7, 11) is -2.24. The van der Waals surface area contributed by atoms with Crippen LogP contribution in [0.25, 0.3) is 0 Å². The zero-order valence-corrected chi connectivity index (χ0v) is 10.5. The third-order valence-corrected chi connectivity index (χ3v) is 4.26. The van der Waals surface area contributed by atoms with Gasteiger partial charge < -0.3 is 10.9 Å². The van der Waals surface area contributed by atoms with Crippen LogP contribution in [0.1, 0.15) is 5.56 Å². The lowest BCUT2D eigenvalue weighted by Gasteiger charge is -2.17. The second-order valence-corrected chi connectivity index (χ2v) is 5.63. The third kappa shape index (κ3) is 2.95. The van der Waals surface area contributed by atoms with Crippen LogP contribution >= 0.6 is 0 Å². The van der Waals surface area contributed by atoms with E-state index in [2.05, 4.69) is 5.16 Å². The lowest BCUT2D eigenvalue weighted by atomic mass is 10.2. The van der Waals surface area contributed by atoms with Crippen LogP contribution in [0.2, 0.25) is 0 Å². The van der Waals surface area contributed by atoms with E-state index in [4.69, 9.17) is 10.9 Å². The van der Waals surface area contributed by atoms with Crippen LogP contribution in [-0.4, -0.2) is 37.4 Å². The molecule has 1 aromatic rings. The molecule has 94 valence electrons. The van der Waals surface area contributed by atoms with E-state index in [0.717, 1.165) is 4.31 Å². The number of nitrogens with two attached hydrogens (primary N) is 1. The third-order valence-electron chi connectivity index (χ3n) is 2.29. The van der Waals surface area contributed by atoms with Gasteiger partial charge in [-0.1, -0.05) is 23.4 Å². The van der Waals surface area contributed by atoms with Gasteiger partial charge >= 0.3 is 0 Å². The van der Waals surface area contributed by atoms with Crippen LogP contribution in [-0.2, 0) is 10.0 Å². The largest absolute Gasteiger partial charge is 0.409 e. The highest BCUT2D eigenvalue weighted by molar-refractivity contribution is 7.89. The zero-order valence-electron chi connectivity index (χ0n) is 9.66. The fourth-order valence-corrected chi connectivity index (χ4v) is 2.72. The molecule has 1 rings (SSSR count). The Morgan fingerprint density at radius 1 is 1.47 bits per heavy atom. The van der Waals surface area contributed by atoms with Crippen molar-refractivity contribution >= 4 is 15.9 Å². The van der Waals surface area contributed by atoms with Gasteiger partial charge in [-0.25, -0.2) is 8.42 Å². The summed E-state index contributed by atoms with van der Waals surface area (Å²) in [5.74, 6) is -0.162. The van der Waals surface area contributed by atoms with Crippen molar-refractivity contribution in [3.8, 4) is 0 Å². The van der Waals surface area contributed by atoms with Gasteiger partial charge in [0.1, 0.15) is 0 Å². The van der Waals surface area contributed by atoms with Crippen molar-refractivity contribution in [1.29, 1.82) is 0 Å². The molecule has 0 heterocycles. The first-order valence-corrected chi connectivity index (χ1v) is 6.32. The first kappa shape index (κ1) is 13.5. The molecule has 0 saturated heterocycles. The zero-order chi connectivity index (χ0) is 13.1. The predicted octanol–water partition coefficient (Wildman–Crippen LogP) is 0.362. The Labute approximate surface area is 100 Å². The fourth-order valence-electron chi connectivity index (χ4n) is 1.36. The number of sulfonamides is 1. The van der Waals surface area contributed by atoms with Gasteiger partial charge in [0.15, 0.2) is 5.84 Å². The molecule has 0 fully saturated rings. The van der Waals surface area contributed by atoms with E-state index in [0.29, 0.717) is 5.56 Å². The van der Waals surface area contributed by atoms with E-state index in [1.54, 1.807) is 25.1 Å². The Bertz CT molecular complexity index is 525. The molecule has 0 atom stereocenters. The molecule has 0 aromatic heterocycles. The Hall–Kier alpha value is -1.60. The summed E-state index contributed by atoms with van der Waals surface area (Å²) in [6.07, 6.45) is 0. The number of oxime groups is 1. The minimum absolute atomic E-state index is 0.160. The minimum Gasteiger partial charge on any atom is -0.409 e. The molecule has 0 amide bonds. The van der Waals surface area contributed by atoms with Gasteiger partial charge in [-0.3, -0.25) is 0 Å². The number of nitrogens with zero attached hydrogens (tertiary/aromatic N) is 2. The molecular weight excluding hydrogens is 242 g/mol. The van der Waals surface area contributed by atoms with Crippen molar-refractivity contribution in [3.05, 3.63) is 29.8 Å². The smallest absolute Gasteiger partial charge is 0.243 e. The van der Waals surface area contributed by atoms with Crippen molar-refractivity contribution in [1.82, 2.24) is 4.31 Å². The summed E-state index contributed by atoms with van der Waals surface area (Å²) in [5.41, 5.74) is 5.93. The van der Waals surface area contributed by atoms with Crippen molar-refractivity contribution in [2.75, 3.05) is 13.6 Å². The number of likely N-dealkylation sites (N-methyl/N-ethyl adjacent to an activating group) is 1. The van der Waals surface area contributed by atoms with Gasteiger partial charge in [-0.2, -0.15) is 4.31 Å². The van der Waals surface area contributed by atoms with Gasteiger partial charge in [0.25, 0.3) is 0 Å². The van der Waals surface area contributed by atoms with Crippen molar-refractivity contribution in [2.45, 2.75) is 11.8 Å². The molecule has 0 spiro atoms. The van der Waals surface area contributed by atoms with Crippen molar-refractivity contribution < 1.29 is 13.6 Å². The first-order valence-electron chi connectivity index (χ1n) is 4.88. The maximum atomic E-state index is 12.1. The molecule has 0 unspecified atom stereocenters. The molecule has 0 aliphatic rings. The summed E-state index contributed by atoms with van der Waals surface area (Å²) in [6.45, 7) is 1.55. The van der Waals surface area contributed by atoms with Crippen LogP contribution in [0.4, 0.5) is 0 Å². The van der Waals surface area contributed by atoms with Crippen LogP contribution in [0, 0.1) is 6.92 Å². The van der Waals surface area contributed by atoms with Gasteiger partial charge in [-0.05, 0) is 18.6 Å². The fraction of sp³-hybridized carbons (Fsp3) is 0.300. The quantitative estimate of drug-likeness (QED) is 0.352. The van der Waals surface area contributed by atoms with E-state index in [1.807, 2.05) is 0 Å². The molecule has 1 aromatic carbocycles. The number of benzene rings is 1. The van der Waals surface area contributed by atoms with Gasteiger partial charge in [0.2, 0.25) is 10.0 Å². The minimum atomic E-state index is -3.61. The molecule has 0 bridgehead atoms. The molecule has 0 aliphatic carbocycles. The highest BCUT2D eigenvalue weighted by Crippen LogP contribution is 2.17. The van der Waals surface area contributed by atoms with Crippen LogP contribution < -0.4 is 5.73 Å². The SMILES string of the molecule is Cc1ccccc1S(=O)(=O)N(C)CC(N)=NO. The lowest BCUT2D eigenvalue weighted by Crippen LogP contribution is -2.35. The molecule has 0 radical (unpaired) electrons. The molecule has 7 heteroatoms. The summed E-state index contributed by atoms with van der Waals surface area (Å²) in [5, 5.41) is 11.2. The molecular formula is C10H15N3O3S. The van der Waals surface area contributed by atoms with Gasteiger partial charge in [0, 0.05) is 7.05 Å². The molecule has 3 N–H and O–H groups in total. The number of hydrogen-bond donors (Lipinski definition) is 2. The van der Waals surface area contributed by atoms with Gasteiger partial charge in [-0.15, -0.1) is 0 Å².